The maximum atomic E-state index is 11.2. The number of carbonyl (C=O) groups is 1. The first-order valence-corrected chi connectivity index (χ1v) is 4.09. The topological polar surface area (TPSA) is 70.3 Å². The number of phenolic OH excluding ortho intramolecular Hbond substituents is 1. The highest BCUT2D eigenvalue weighted by Crippen LogP contribution is 2.18. The van der Waals surface area contributed by atoms with Gasteiger partial charge in [-0.1, -0.05) is 0 Å². The standard InChI is InChI=1S/C10H9NO3/c1-2-14-10(13)8-5-7(6-11)3-4-9(8)12/h3-5,12H,2H2,1H3. The van der Waals surface area contributed by atoms with Crippen LogP contribution in [-0.4, -0.2) is 17.7 Å². The summed E-state index contributed by atoms with van der Waals surface area (Å²) in [5, 5.41) is 17.9. The molecule has 0 heterocycles. The Kier molecular flexibility index (Phi) is 3.08. The molecule has 1 rings (SSSR count). The summed E-state index contributed by atoms with van der Waals surface area (Å²) in [5.41, 5.74) is 0.330. The van der Waals surface area contributed by atoms with Gasteiger partial charge in [0.2, 0.25) is 0 Å². The van der Waals surface area contributed by atoms with E-state index in [1.54, 1.807) is 6.92 Å². The lowest BCUT2D eigenvalue weighted by atomic mass is 10.1. The summed E-state index contributed by atoms with van der Waals surface area (Å²) in [6.07, 6.45) is 0. The number of esters is 1. The molecule has 14 heavy (non-hydrogen) atoms. The second-order valence-corrected chi connectivity index (χ2v) is 2.56. The van der Waals surface area contributed by atoms with Crippen molar-refractivity contribution in [1.82, 2.24) is 0 Å². The molecular formula is C10H9NO3. The second kappa shape index (κ2) is 4.28. The molecule has 0 atom stereocenters. The molecule has 0 aromatic heterocycles. The maximum absolute atomic E-state index is 11.2. The number of benzene rings is 1. The molecule has 4 nitrogen and oxygen atoms in total. The van der Waals surface area contributed by atoms with E-state index in [2.05, 4.69) is 0 Å². The van der Waals surface area contributed by atoms with Crippen molar-refractivity contribution < 1.29 is 14.6 Å². The van der Waals surface area contributed by atoms with Crippen molar-refractivity contribution in [3.05, 3.63) is 29.3 Å². The fourth-order valence-corrected chi connectivity index (χ4v) is 0.978. The number of nitrogens with zero attached hydrogens (tertiary/aromatic N) is 1. The van der Waals surface area contributed by atoms with Gasteiger partial charge in [-0.3, -0.25) is 0 Å². The number of phenols is 1. The van der Waals surface area contributed by atoms with Crippen molar-refractivity contribution in [2.24, 2.45) is 0 Å². The zero-order valence-electron chi connectivity index (χ0n) is 7.65. The third-order valence-corrected chi connectivity index (χ3v) is 1.62. The second-order valence-electron chi connectivity index (χ2n) is 2.56. The van der Waals surface area contributed by atoms with Gasteiger partial charge in [0.05, 0.1) is 18.2 Å². The molecular weight excluding hydrogens is 182 g/mol. The van der Waals surface area contributed by atoms with Gasteiger partial charge >= 0.3 is 5.97 Å². The van der Waals surface area contributed by atoms with E-state index < -0.39 is 5.97 Å². The first-order chi connectivity index (χ1) is 6.69. The number of nitriles is 1. The molecule has 0 fully saturated rings. The molecule has 0 spiro atoms. The lowest BCUT2D eigenvalue weighted by Crippen LogP contribution is -2.05. The molecule has 0 bridgehead atoms. The van der Waals surface area contributed by atoms with Crippen LogP contribution in [0.3, 0.4) is 0 Å². The Labute approximate surface area is 81.4 Å². The minimum atomic E-state index is -0.623. The third kappa shape index (κ3) is 2.02. The zero-order valence-corrected chi connectivity index (χ0v) is 7.65. The minimum Gasteiger partial charge on any atom is -0.507 e. The average Bonchev–Trinajstić information content (AvgIpc) is 2.19. The Bertz CT molecular complexity index is 393. The van der Waals surface area contributed by atoms with E-state index in [1.807, 2.05) is 6.07 Å². The van der Waals surface area contributed by atoms with E-state index in [-0.39, 0.29) is 17.9 Å². The lowest BCUT2D eigenvalue weighted by molar-refractivity contribution is 0.0523. The Hall–Kier alpha value is -2.02. The Balaban J connectivity index is 3.07. The van der Waals surface area contributed by atoms with E-state index in [4.69, 9.17) is 10.00 Å². The van der Waals surface area contributed by atoms with E-state index in [0.717, 1.165) is 0 Å². The van der Waals surface area contributed by atoms with Crippen LogP contribution >= 0.6 is 0 Å². The van der Waals surface area contributed by atoms with Crippen molar-refractivity contribution >= 4 is 5.97 Å². The summed E-state index contributed by atoms with van der Waals surface area (Å²) in [4.78, 5) is 11.2. The number of aromatic hydroxyl groups is 1. The smallest absolute Gasteiger partial charge is 0.341 e. The van der Waals surface area contributed by atoms with E-state index in [9.17, 15) is 9.90 Å². The van der Waals surface area contributed by atoms with Crippen LogP contribution in [0.25, 0.3) is 0 Å². The number of hydrogen-bond donors (Lipinski definition) is 1. The Morgan fingerprint density at radius 2 is 2.36 bits per heavy atom. The van der Waals surface area contributed by atoms with Gasteiger partial charge in [0.25, 0.3) is 0 Å². The van der Waals surface area contributed by atoms with Gasteiger partial charge in [-0.05, 0) is 25.1 Å². The number of carbonyl (C=O) groups excluding carboxylic acids is 1. The average molecular weight is 191 g/mol. The fourth-order valence-electron chi connectivity index (χ4n) is 0.978. The summed E-state index contributed by atoms with van der Waals surface area (Å²) < 4.78 is 4.70. The minimum absolute atomic E-state index is 0.0194. The molecule has 4 heteroatoms. The van der Waals surface area contributed by atoms with Gasteiger partial charge in [-0.2, -0.15) is 5.26 Å². The van der Waals surface area contributed by atoms with Gasteiger partial charge in [0, 0.05) is 0 Å². The molecule has 72 valence electrons. The van der Waals surface area contributed by atoms with Crippen molar-refractivity contribution in [2.45, 2.75) is 6.92 Å². The summed E-state index contributed by atoms with van der Waals surface area (Å²) in [6, 6.07) is 5.90. The Morgan fingerprint density at radius 1 is 1.64 bits per heavy atom. The first-order valence-electron chi connectivity index (χ1n) is 4.09. The molecule has 1 aromatic rings. The molecule has 0 amide bonds. The normalized spacial score (nSPS) is 9.14. The molecule has 0 aliphatic heterocycles. The van der Waals surface area contributed by atoms with Crippen LogP contribution in [0, 0.1) is 11.3 Å². The molecule has 0 aliphatic carbocycles. The van der Waals surface area contributed by atoms with Crippen LogP contribution < -0.4 is 0 Å². The highest BCUT2D eigenvalue weighted by molar-refractivity contribution is 5.92. The SMILES string of the molecule is CCOC(=O)c1cc(C#N)ccc1O. The van der Waals surface area contributed by atoms with E-state index in [0.29, 0.717) is 5.56 Å². The van der Waals surface area contributed by atoms with E-state index in [1.165, 1.54) is 18.2 Å². The van der Waals surface area contributed by atoms with Crippen LogP contribution in [-0.2, 0) is 4.74 Å². The zero-order chi connectivity index (χ0) is 10.6. The van der Waals surface area contributed by atoms with E-state index >= 15 is 0 Å². The molecule has 0 saturated carbocycles. The summed E-state index contributed by atoms with van der Waals surface area (Å²) in [7, 11) is 0. The van der Waals surface area contributed by atoms with Gasteiger partial charge in [0.1, 0.15) is 11.3 Å². The molecule has 0 aliphatic rings. The number of rotatable bonds is 2. The molecule has 0 radical (unpaired) electrons. The van der Waals surface area contributed by atoms with Gasteiger partial charge < -0.3 is 9.84 Å². The third-order valence-electron chi connectivity index (χ3n) is 1.62. The summed E-state index contributed by atoms with van der Waals surface area (Å²) in [5.74, 6) is -0.801. The van der Waals surface area contributed by atoms with Crippen LogP contribution in [0.5, 0.6) is 5.75 Å². The first kappa shape index (κ1) is 10.1. The van der Waals surface area contributed by atoms with Crippen molar-refractivity contribution in [3.63, 3.8) is 0 Å². The molecule has 0 unspecified atom stereocenters. The van der Waals surface area contributed by atoms with Crippen molar-refractivity contribution in [1.29, 1.82) is 5.26 Å². The molecule has 1 aromatic carbocycles. The predicted octanol–water partition coefficient (Wildman–Crippen LogP) is 1.44. The van der Waals surface area contributed by atoms with Crippen LogP contribution in [0.1, 0.15) is 22.8 Å². The number of ether oxygens (including phenoxy) is 1. The summed E-state index contributed by atoms with van der Waals surface area (Å²) in [6.45, 7) is 1.90. The highest BCUT2D eigenvalue weighted by Gasteiger charge is 2.12. The highest BCUT2D eigenvalue weighted by atomic mass is 16.5. The lowest BCUT2D eigenvalue weighted by Gasteiger charge is -2.03. The summed E-state index contributed by atoms with van der Waals surface area (Å²) >= 11 is 0. The fraction of sp³-hybridized carbons (Fsp3) is 0.200. The van der Waals surface area contributed by atoms with Crippen LogP contribution in [0.2, 0.25) is 0 Å². The largest absolute Gasteiger partial charge is 0.507 e. The van der Waals surface area contributed by atoms with Crippen molar-refractivity contribution in [3.8, 4) is 11.8 Å². The van der Waals surface area contributed by atoms with Gasteiger partial charge in [-0.25, -0.2) is 4.79 Å². The Morgan fingerprint density at radius 3 is 2.93 bits per heavy atom. The predicted molar refractivity (Wildman–Crippen MR) is 48.8 cm³/mol. The van der Waals surface area contributed by atoms with Gasteiger partial charge in [0.15, 0.2) is 0 Å². The van der Waals surface area contributed by atoms with Crippen LogP contribution in [0.15, 0.2) is 18.2 Å². The van der Waals surface area contributed by atoms with Gasteiger partial charge in [-0.15, -0.1) is 0 Å². The maximum Gasteiger partial charge on any atom is 0.341 e. The monoisotopic (exact) mass is 191 g/mol. The quantitative estimate of drug-likeness (QED) is 0.718. The van der Waals surface area contributed by atoms with Crippen LogP contribution in [0.4, 0.5) is 0 Å². The molecule has 0 saturated heterocycles. The molecule has 1 N–H and O–H groups in total. The number of hydrogen-bond acceptors (Lipinski definition) is 4. The van der Waals surface area contributed by atoms with Crippen molar-refractivity contribution in [2.75, 3.05) is 6.61 Å².